The number of furan rings is 1. The molecule has 0 N–H and O–H groups in total. The molecule has 2 heterocycles. The molecule has 17 heavy (non-hydrogen) atoms. The van der Waals surface area contributed by atoms with Crippen molar-refractivity contribution in [3.63, 3.8) is 0 Å². The SMILES string of the molecule is FC(F)(c1ccco1)c1nc2ccccc2o1. The highest BCUT2D eigenvalue weighted by atomic mass is 19.3. The fourth-order valence-corrected chi connectivity index (χ4v) is 1.57. The number of fused-ring (bicyclic) bond motifs is 1. The summed E-state index contributed by atoms with van der Waals surface area (Å²) in [6, 6.07) is 9.19. The summed E-state index contributed by atoms with van der Waals surface area (Å²) in [5.41, 5.74) is 0.725. The van der Waals surface area contributed by atoms with E-state index in [1.807, 2.05) is 0 Å². The van der Waals surface area contributed by atoms with Crippen molar-refractivity contribution in [3.05, 3.63) is 54.3 Å². The van der Waals surface area contributed by atoms with Gasteiger partial charge in [0.1, 0.15) is 5.52 Å². The molecule has 0 radical (unpaired) electrons. The number of rotatable bonds is 2. The minimum absolute atomic E-state index is 0.328. The Bertz CT molecular complexity index is 610. The zero-order chi connectivity index (χ0) is 11.9. The van der Waals surface area contributed by atoms with Gasteiger partial charge in [-0.1, -0.05) is 12.1 Å². The summed E-state index contributed by atoms with van der Waals surface area (Å²) in [5.74, 6) is -4.50. The minimum Gasteiger partial charge on any atom is -0.462 e. The van der Waals surface area contributed by atoms with Gasteiger partial charge in [-0.25, -0.2) is 4.98 Å². The largest absolute Gasteiger partial charge is 0.462 e. The molecule has 3 nitrogen and oxygen atoms in total. The van der Waals surface area contributed by atoms with E-state index in [1.165, 1.54) is 18.4 Å². The van der Waals surface area contributed by atoms with E-state index in [0.29, 0.717) is 11.1 Å². The average Bonchev–Trinajstić information content (AvgIpc) is 2.98. The van der Waals surface area contributed by atoms with E-state index < -0.39 is 17.6 Å². The van der Waals surface area contributed by atoms with Crippen LogP contribution in [0.15, 0.2) is 51.5 Å². The van der Waals surface area contributed by atoms with Crippen molar-refractivity contribution in [2.75, 3.05) is 0 Å². The number of benzene rings is 1. The Labute approximate surface area is 94.7 Å². The molecule has 0 unspecified atom stereocenters. The molecular formula is C12H7F2NO2. The predicted octanol–water partition coefficient (Wildman–Crippen LogP) is 3.56. The van der Waals surface area contributed by atoms with Gasteiger partial charge in [-0.05, 0) is 24.3 Å². The Hall–Kier alpha value is -2.17. The maximum Gasteiger partial charge on any atom is 0.378 e. The van der Waals surface area contributed by atoms with Crippen molar-refractivity contribution >= 4 is 11.1 Å². The van der Waals surface area contributed by atoms with E-state index in [2.05, 4.69) is 4.98 Å². The Morgan fingerprint density at radius 1 is 1.06 bits per heavy atom. The van der Waals surface area contributed by atoms with Crippen LogP contribution < -0.4 is 0 Å². The molecule has 0 saturated carbocycles. The monoisotopic (exact) mass is 235 g/mol. The highest BCUT2D eigenvalue weighted by molar-refractivity contribution is 5.72. The first-order valence-electron chi connectivity index (χ1n) is 4.96. The van der Waals surface area contributed by atoms with E-state index in [1.54, 1.807) is 24.3 Å². The van der Waals surface area contributed by atoms with Crippen molar-refractivity contribution < 1.29 is 17.6 Å². The number of para-hydroxylation sites is 2. The van der Waals surface area contributed by atoms with Crippen LogP contribution in [0, 0.1) is 0 Å². The Kier molecular flexibility index (Phi) is 2.01. The van der Waals surface area contributed by atoms with Crippen molar-refractivity contribution in [2.24, 2.45) is 0 Å². The van der Waals surface area contributed by atoms with Crippen molar-refractivity contribution in [1.29, 1.82) is 0 Å². The molecule has 3 rings (SSSR count). The lowest BCUT2D eigenvalue weighted by Crippen LogP contribution is -2.14. The highest BCUT2D eigenvalue weighted by Gasteiger charge is 2.42. The second-order valence-electron chi connectivity index (χ2n) is 3.54. The van der Waals surface area contributed by atoms with Crippen LogP contribution in [0.25, 0.3) is 11.1 Å². The van der Waals surface area contributed by atoms with Gasteiger partial charge >= 0.3 is 5.92 Å². The summed E-state index contributed by atoms with van der Waals surface area (Å²) < 4.78 is 37.6. The summed E-state index contributed by atoms with van der Waals surface area (Å²) in [6.45, 7) is 0. The fourth-order valence-electron chi connectivity index (χ4n) is 1.57. The van der Waals surface area contributed by atoms with Gasteiger partial charge in [0.2, 0.25) is 0 Å². The van der Waals surface area contributed by atoms with Gasteiger partial charge in [-0.2, -0.15) is 8.78 Å². The number of alkyl halides is 2. The summed E-state index contributed by atoms with van der Waals surface area (Å²) in [7, 11) is 0. The first kappa shape index (κ1) is 10.0. The molecule has 3 aromatic rings. The topological polar surface area (TPSA) is 39.2 Å². The molecule has 0 aliphatic heterocycles. The Morgan fingerprint density at radius 3 is 2.59 bits per heavy atom. The maximum absolute atomic E-state index is 13.9. The average molecular weight is 235 g/mol. The second-order valence-corrected chi connectivity index (χ2v) is 3.54. The molecule has 0 bridgehead atoms. The lowest BCUT2D eigenvalue weighted by molar-refractivity contribution is -0.00666. The molecule has 86 valence electrons. The van der Waals surface area contributed by atoms with Gasteiger partial charge in [0, 0.05) is 0 Å². The lowest BCUT2D eigenvalue weighted by atomic mass is 10.2. The van der Waals surface area contributed by atoms with Crippen LogP contribution in [0.4, 0.5) is 8.78 Å². The summed E-state index contributed by atoms with van der Waals surface area (Å²) in [4.78, 5) is 3.76. The molecular weight excluding hydrogens is 228 g/mol. The third-order valence-corrected chi connectivity index (χ3v) is 2.39. The van der Waals surface area contributed by atoms with Crippen molar-refractivity contribution in [1.82, 2.24) is 4.98 Å². The smallest absolute Gasteiger partial charge is 0.378 e. The Balaban J connectivity index is 2.15. The third kappa shape index (κ3) is 1.51. The fraction of sp³-hybridized carbons (Fsp3) is 0.0833. The molecule has 0 amide bonds. The quantitative estimate of drug-likeness (QED) is 0.681. The standard InChI is InChI=1S/C12H7F2NO2/c13-12(14,10-6-3-7-16-10)11-15-8-4-1-2-5-9(8)17-11/h1-7H. The molecule has 0 atom stereocenters. The van der Waals surface area contributed by atoms with Crippen LogP contribution in [0.1, 0.15) is 11.7 Å². The third-order valence-electron chi connectivity index (χ3n) is 2.39. The summed E-state index contributed by atoms with van der Waals surface area (Å²) >= 11 is 0. The van der Waals surface area contributed by atoms with Gasteiger partial charge < -0.3 is 8.83 Å². The van der Waals surface area contributed by atoms with Gasteiger partial charge in [0.15, 0.2) is 11.3 Å². The van der Waals surface area contributed by atoms with Gasteiger partial charge in [-0.3, -0.25) is 0 Å². The molecule has 0 aliphatic carbocycles. The molecule has 0 spiro atoms. The van der Waals surface area contributed by atoms with E-state index in [0.717, 1.165) is 0 Å². The van der Waals surface area contributed by atoms with Crippen LogP contribution >= 0.6 is 0 Å². The molecule has 1 aromatic carbocycles. The minimum atomic E-state index is -3.36. The number of oxazole rings is 1. The van der Waals surface area contributed by atoms with Gasteiger partial charge in [0.25, 0.3) is 5.89 Å². The maximum atomic E-state index is 13.9. The zero-order valence-corrected chi connectivity index (χ0v) is 8.56. The molecule has 2 aromatic heterocycles. The number of hydrogen-bond donors (Lipinski definition) is 0. The second kappa shape index (κ2) is 3.41. The van der Waals surface area contributed by atoms with Crippen LogP contribution in [0.2, 0.25) is 0 Å². The first-order valence-corrected chi connectivity index (χ1v) is 4.96. The zero-order valence-electron chi connectivity index (χ0n) is 8.56. The normalized spacial score (nSPS) is 12.1. The molecule has 0 aliphatic rings. The Morgan fingerprint density at radius 2 is 1.88 bits per heavy atom. The lowest BCUT2D eigenvalue weighted by Gasteiger charge is -2.07. The predicted molar refractivity (Wildman–Crippen MR) is 55.7 cm³/mol. The molecule has 0 fully saturated rings. The molecule has 5 heteroatoms. The number of nitrogens with zero attached hydrogens (tertiary/aromatic N) is 1. The number of aromatic nitrogens is 1. The summed E-state index contributed by atoms with van der Waals surface area (Å²) in [5, 5.41) is 0. The van der Waals surface area contributed by atoms with E-state index in [4.69, 9.17) is 8.83 Å². The van der Waals surface area contributed by atoms with Gasteiger partial charge in [0.05, 0.1) is 6.26 Å². The van der Waals surface area contributed by atoms with E-state index >= 15 is 0 Å². The van der Waals surface area contributed by atoms with Crippen LogP contribution in [-0.4, -0.2) is 4.98 Å². The molecule has 0 saturated heterocycles. The van der Waals surface area contributed by atoms with E-state index in [-0.39, 0.29) is 0 Å². The number of hydrogen-bond acceptors (Lipinski definition) is 3. The van der Waals surface area contributed by atoms with Crippen LogP contribution in [0.5, 0.6) is 0 Å². The van der Waals surface area contributed by atoms with Crippen molar-refractivity contribution in [3.8, 4) is 0 Å². The van der Waals surface area contributed by atoms with Crippen molar-refractivity contribution in [2.45, 2.75) is 5.92 Å². The first-order chi connectivity index (χ1) is 8.18. The van der Waals surface area contributed by atoms with Gasteiger partial charge in [-0.15, -0.1) is 0 Å². The highest BCUT2D eigenvalue weighted by Crippen LogP contribution is 2.36. The van der Waals surface area contributed by atoms with E-state index in [9.17, 15) is 8.78 Å². The van der Waals surface area contributed by atoms with Crippen LogP contribution in [0.3, 0.4) is 0 Å². The summed E-state index contributed by atoms with van der Waals surface area (Å²) in [6.07, 6.45) is 1.19. The van der Waals surface area contributed by atoms with Crippen LogP contribution in [-0.2, 0) is 5.92 Å². The number of halogens is 2.